The van der Waals surface area contributed by atoms with Crippen molar-refractivity contribution in [3.8, 4) is 0 Å². The van der Waals surface area contributed by atoms with Crippen LogP contribution in [0.15, 0.2) is 10.4 Å². The zero-order valence-electron chi connectivity index (χ0n) is 14.8. The Bertz CT molecular complexity index is 504. The minimum Gasteiger partial charge on any atom is -0.381 e. The number of aromatic nitrogens is 1. The Hall–Kier alpha value is -0.0600. The van der Waals surface area contributed by atoms with Crippen LogP contribution in [0.3, 0.4) is 0 Å². The molecule has 1 fully saturated rings. The summed E-state index contributed by atoms with van der Waals surface area (Å²) in [6.45, 7) is 8.40. The molecule has 1 saturated heterocycles. The molecule has 0 bridgehead atoms. The van der Waals surface area contributed by atoms with Crippen molar-refractivity contribution in [3.05, 3.63) is 16.1 Å². The third-order valence-electron chi connectivity index (χ3n) is 4.05. The van der Waals surface area contributed by atoms with E-state index in [-0.39, 0.29) is 28.7 Å². The van der Waals surface area contributed by atoms with Crippen LogP contribution in [0, 0.1) is 6.92 Å². The second kappa shape index (κ2) is 11.5. The number of hydrogen-bond donors (Lipinski definition) is 2. The first kappa shape index (κ1) is 22.0. The van der Waals surface area contributed by atoms with Crippen LogP contribution in [0.4, 0.5) is 0 Å². The van der Waals surface area contributed by atoms with Crippen molar-refractivity contribution in [1.29, 1.82) is 0 Å². The molecule has 0 aliphatic carbocycles. The maximum Gasteiger partial charge on any atom is 0.191 e. The predicted octanol–water partition coefficient (Wildman–Crippen LogP) is 3.08. The lowest BCUT2D eigenvalue weighted by atomic mass is 9.99. The van der Waals surface area contributed by atoms with Crippen LogP contribution in [-0.4, -0.2) is 54.8 Å². The molecule has 0 aromatic carbocycles. The predicted molar refractivity (Wildman–Crippen MR) is 116 cm³/mol. The van der Waals surface area contributed by atoms with E-state index in [2.05, 4.69) is 34.2 Å². The number of nitrogens with zero attached hydrogens (tertiary/aromatic N) is 2. The van der Waals surface area contributed by atoms with Gasteiger partial charge in [-0.2, -0.15) is 11.8 Å². The van der Waals surface area contributed by atoms with Crippen molar-refractivity contribution in [2.24, 2.45) is 4.99 Å². The zero-order valence-corrected chi connectivity index (χ0v) is 18.7. The van der Waals surface area contributed by atoms with Gasteiger partial charge in [-0.15, -0.1) is 35.3 Å². The number of ether oxygens (including phenoxy) is 1. The largest absolute Gasteiger partial charge is 0.381 e. The average Bonchev–Trinajstić information content (AvgIpc) is 2.99. The van der Waals surface area contributed by atoms with Crippen molar-refractivity contribution in [1.82, 2.24) is 15.6 Å². The van der Waals surface area contributed by atoms with Gasteiger partial charge in [-0.1, -0.05) is 0 Å². The minimum atomic E-state index is 0. The lowest BCUT2D eigenvalue weighted by molar-refractivity contribution is 0.0794. The van der Waals surface area contributed by atoms with Crippen molar-refractivity contribution in [3.63, 3.8) is 0 Å². The molecule has 24 heavy (non-hydrogen) atoms. The molecule has 0 amide bonds. The smallest absolute Gasteiger partial charge is 0.191 e. The van der Waals surface area contributed by atoms with Crippen LogP contribution in [0.1, 0.15) is 30.5 Å². The fraction of sp³-hybridized carbons (Fsp3) is 0.750. The maximum absolute atomic E-state index is 5.50. The molecule has 1 aliphatic heterocycles. The van der Waals surface area contributed by atoms with Gasteiger partial charge in [0.2, 0.25) is 0 Å². The van der Waals surface area contributed by atoms with E-state index < -0.39 is 0 Å². The molecule has 0 radical (unpaired) electrons. The SMILES string of the molecule is CCNC(=NCC1(SC)CCOCC1)NCCc1csc(C)n1.I. The highest BCUT2D eigenvalue weighted by Gasteiger charge is 2.31. The number of aryl methyl sites for hydroxylation is 1. The highest BCUT2D eigenvalue weighted by Crippen LogP contribution is 2.33. The van der Waals surface area contributed by atoms with E-state index in [9.17, 15) is 0 Å². The van der Waals surface area contributed by atoms with Crippen LogP contribution in [0.5, 0.6) is 0 Å². The number of hydrogen-bond acceptors (Lipinski definition) is 5. The van der Waals surface area contributed by atoms with Gasteiger partial charge in [0.1, 0.15) is 0 Å². The first-order chi connectivity index (χ1) is 11.2. The molecule has 8 heteroatoms. The number of thiazole rings is 1. The Morgan fingerprint density at radius 1 is 1.42 bits per heavy atom. The first-order valence-corrected chi connectivity index (χ1v) is 10.3. The Labute approximate surface area is 170 Å². The summed E-state index contributed by atoms with van der Waals surface area (Å²) in [6.07, 6.45) is 5.27. The van der Waals surface area contributed by atoms with Crippen LogP contribution in [0.2, 0.25) is 0 Å². The van der Waals surface area contributed by atoms with Gasteiger partial charge in [-0.3, -0.25) is 4.99 Å². The number of thioether (sulfide) groups is 1. The highest BCUT2D eigenvalue weighted by molar-refractivity contribution is 14.0. The van der Waals surface area contributed by atoms with E-state index in [4.69, 9.17) is 9.73 Å². The summed E-state index contributed by atoms with van der Waals surface area (Å²) in [5, 5.41) is 10.0. The molecule has 2 N–H and O–H groups in total. The molecule has 138 valence electrons. The monoisotopic (exact) mass is 484 g/mol. The highest BCUT2D eigenvalue weighted by atomic mass is 127. The zero-order chi connectivity index (χ0) is 16.5. The topological polar surface area (TPSA) is 58.5 Å². The van der Waals surface area contributed by atoms with Gasteiger partial charge in [0.15, 0.2) is 5.96 Å². The Kier molecular flexibility index (Phi) is 10.6. The molecular formula is C16H29IN4OS2. The average molecular weight is 484 g/mol. The third-order valence-corrected chi connectivity index (χ3v) is 6.27. The van der Waals surface area contributed by atoms with E-state index >= 15 is 0 Å². The molecule has 2 heterocycles. The molecule has 5 nitrogen and oxygen atoms in total. The molecule has 0 unspecified atom stereocenters. The van der Waals surface area contributed by atoms with Crippen molar-refractivity contribution >= 4 is 53.0 Å². The van der Waals surface area contributed by atoms with E-state index in [0.717, 1.165) is 68.8 Å². The molecule has 0 atom stereocenters. The molecule has 1 aromatic heterocycles. The Morgan fingerprint density at radius 2 is 2.17 bits per heavy atom. The van der Waals surface area contributed by atoms with Gasteiger partial charge in [0, 0.05) is 42.9 Å². The van der Waals surface area contributed by atoms with E-state index in [1.807, 2.05) is 18.7 Å². The summed E-state index contributed by atoms with van der Waals surface area (Å²) in [7, 11) is 0. The van der Waals surface area contributed by atoms with Crippen LogP contribution in [0.25, 0.3) is 0 Å². The second-order valence-corrected chi connectivity index (χ2v) is 8.07. The summed E-state index contributed by atoms with van der Waals surface area (Å²) < 4.78 is 5.73. The molecule has 1 aliphatic rings. The number of aliphatic imine (C=N–C) groups is 1. The number of rotatable bonds is 7. The summed E-state index contributed by atoms with van der Waals surface area (Å²) in [6, 6.07) is 0. The molecule has 0 saturated carbocycles. The normalized spacial score (nSPS) is 17.2. The van der Waals surface area contributed by atoms with Gasteiger partial charge >= 0.3 is 0 Å². The number of nitrogens with one attached hydrogen (secondary N) is 2. The standard InChI is InChI=1S/C16H28N4OS2.HI/c1-4-17-15(18-8-5-14-11-23-13(2)20-14)19-12-16(22-3)6-9-21-10-7-16;/h11H,4-10,12H2,1-3H3,(H2,17,18,19);1H. The molecule has 0 spiro atoms. The summed E-state index contributed by atoms with van der Waals surface area (Å²) in [5.41, 5.74) is 1.15. The number of halogens is 1. The van der Waals surface area contributed by atoms with Gasteiger partial charge in [-0.05, 0) is 32.9 Å². The van der Waals surface area contributed by atoms with Crippen molar-refractivity contribution < 1.29 is 4.74 Å². The lowest BCUT2D eigenvalue weighted by Gasteiger charge is -2.34. The summed E-state index contributed by atoms with van der Waals surface area (Å²) >= 11 is 3.63. The fourth-order valence-corrected chi connectivity index (χ4v) is 3.98. The van der Waals surface area contributed by atoms with Gasteiger partial charge in [0.25, 0.3) is 0 Å². The maximum atomic E-state index is 5.50. The van der Waals surface area contributed by atoms with Gasteiger partial charge in [0.05, 0.1) is 17.2 Å². The van der Waals surface area contributed by atoms with E-state index in [1.165, 1.54) is 0 Å². The van der Waals surface area contributed by atoms with E-state index in [1.54, 1.807) is 11.3 Å². The lowest BCUT2D eigenvalue weighted by Crippen LogP contribution is -2.41. The van der Waals surface area contributed by atoms with Crippen LogP contribution < -0.4 is 10.6 Å². The minimum absolute atomic E-state index is 0. The van der Waals surface area contributed by atoms with Gasteiger partial charge < -0.3 is 15.4 Å². The molecule has 2 rings (SSSR count). The summed E-state index contributed by atoms with van der Waals surface area (Å²) in [5.74, 6) is 0.902. The van der Waals surface area contributed by atoms with Gasteiger partial charge in [-0.25, -0.2) is 4.98 Å². The van der Waals surface area contributed by atoms with Crippen LogP contribution in [-0.2, 0) is 11.2 Å². The Morgan fingerprint density at radius 3 is 2.75 bits per heavy atom. The van der Waals surface area contributed by atoms with Crippen molar-refractivity contribution in [2.75, 3.05) is 39.1 Å². The fourth-order valence-electron chi connectivity index (χ4n) is 2.57. The third kappa shape index (κ3) is 7.05. The Balaban J connectivity index is 0.00000288. The summed E-state index contributed by atoms with van der Waals surface area (Å²) in [4.78, 5) is 9.32. The molecular weight excluding hydrogens is 455 g/mol. The van der Waals surface area contributed by atoms with Crippen molar-refractivity contribution in [2.45, 2.75) is 37.9 Å². The number of guanidine groups is 1. The first-order valence-electron chi connectivity index (χ1n) is 8.23. The second-order valence-electron chi connectivity index (χ2n) is 5.73. The van der Waals surface area contributed by atoms with E-state index in [0.29, 0.717) is 0 Å². The van der Waals surface area contributed by atoms with Crippen LogP contribution >= 0.6 is 47.1 Å². The molecule has 1 aromatic rings. The quantitative estimate of drug-likeness (QED) is 0.354.